The Morgan fingerprint density at radius 1 is 1.03 bits per heavy atom. The monoisotopic (exact) mass is 527 g/mol. The number of amides is 1. The maximum Gasteiger partial charge on any atom is 0.408 e. The molecule has 1 aliphatic heterocycles. The molecule has 3 rings (SSSR count). The van der Waals surface area contributed by atoms with E-state index in [2.05, 4.69) is 19.2 Å². The highest BCUT2D eigenvalue weighted by atomic mass is 16.6. The molecule has 2 aromatic carbocycles. The van der Waals surface area contributed by atoms with Gasteiger partial charge in [-0.25, -0.2) is 9.59 Å². The summed E-state index contributed by atoms with van der Waals surface area (Å²) >= 11 is 0. The molecule has 1 amide bonds. The third-order valence-electron chi connectivity index (χ3n) is 6.15. The van der Waals surface area contributed by atoms with Gasteiger partial charge in [0, 0.05) is 0 Å². The molecule has 1 N–H and O–H groups in total. The highest BCUT2D eigenvalue weighted by molar-refractivity contribution is 5.81. The lowest BCUT2D eigenvalue weighted by Gasteiger charge is -2.28. The van der Waals surface area contributed by atoms with Crippen LogP contribution in [0.4, 0.5) is 4.79 Å². The van der Waals surface area contributed by atoms with E-state index in [0.29, 0.717) is 49.9 Å². The minimum atomic E-state index is -0.830. The lowest BCUT2D eigenvalue weighted by atomic mass is 9.84. The summed E-state index contributed by atoms with van der Waals surface area (Å²) in [5.74, 6) is 1.66. The molecule has 1 aliphatic rings. The third-order valence-corrected chi connectivity index (χ3v) is 6.15. The van der Waals surface area contributed by atoms with Crippen LogP contribution in [0.2, 0.25) is 0 Å². The molecule has 1 heterocycles. The summed E-state index contributed by atoms with van der Waals surface area (Å²) in [6.07, 6.45) is 0.390. The molecular weight excluding hydrogens is 486 g/mol. The van der Waals surface area contributed by atoms with Crippen molar-refractivity contribution in [3.63, 3.8) is 0 Å². The Labute approximate surface area is 225 Å². The van der Waals surface area contributed by atoms with Crippen LogP contribution in [0.3, 0.4) is 0 Å². The highest BCUT2D eigenvalue weighted by Gasteiger charge is 2.30. The van der Waals surface area contributed by atoms with Crippen molar-refractivity contribution in [2.24, 2.45) is 11.8 Å². The Morgan fingerprint density at radius 3 is 2.39 bits per heavy atom. The summed E-state index contributed by atoms with van der Waals surface area (Å²) in [6.45, 7) is 12.8. The highest BCUT2D eigenvalue weighted by Crippen LogP contribution is 2.42. The molecule has 0 radical (unpaired) electrons. The number of rotatable bonds is 11. The Hall–Kier alpha value is -3.42. The fourth-order valence-electron chi connectivity index (χ4n) is 4.24. The molecule has 8 nitrogen and oxygen atoms in total. The van der Waals surface area contributed by atoms with E-state index in [4.69, 9.17) is 23.7 Å². The third kappa shape index (κ3) is 8.85. The minimum absolute atomic E-state index is 0.0453. The molecule has 0 bridgehead atoms. The van der Waals surface area contributed by atoms with Gasteiger partial charge in [-0.05, 0) is 75.6 Å². The summed E-state index contributed by atoms with van der Waals surface area (Å²) in [4.78, 5) is 25.3. The van der Waals surface area contributed by atoms with Crippen LogP contribution in [0.1, 0.15) is 59.1 Å². The first kappa shape index (κ1) is 29.1. The second-order valence-corrected chi connectivity index (χ2v) is 10.8. The molecule has 208 valence electrons. The van der Waals surface area contributed by atoms with Crippen LogP contribution in [0.5, 0.6) is 17.2 Å². The van der Waals surface area contributed by atoms with Crippen molar-refractivity contribution >= 4 is 12.1 Å². The fourth-order valence-corrected chi connectivity index (χ4v) is 4.24. The first-order chi connectivity index (χ1) is 18.1. The average molecular weight is 528 g/mol. The van der Waals surface area contributed by atoms with Crippen LogP contribution < -0.4 is 19.5 Å². The normalized spacial score (nSPS) is 14.4. The smallest absolute Gasteiger partial charge is 0.408 e. The van der Waals surface area contributed by atoms with Crippen molar-refractivity contribution in [2.75, 3.05) is 19.8 Å². The number of hydrogen-bond donors (Lipinski definition) is 1. The van der Waals surface area contributed by atoms with Crippen molar-refractivity contribution in [2.45, 2.75) is 72.6 Å². The summed E-state index contributed by atoms with van der Waals surface area (Å²) < 4.78 is 28.6. The molecule has 2 aromatic rings. The second-order valence-electron chi connectivity index (χ2n) is 10.8. The largest absolute Gasteiger partial charge is 0.486 e. The molecule has 8 heteroatoms. The van der Waals surface area contributed by atoms with Gasteiger partial charge in [0.25, 0.3) is 0 Å². The van der Waals surface area contributed by atoms with Gasteiger partial charge in [0.1, 0.15) is 31.5 Å². The van der Waals surface area contributed by atoms with Crippen molar-refractivity contribution in [1.29, 1.82) is 0 Å². The lowest BCUT2D eigenvalue weighted by Crippen LogP contribution is -2.45. The SMILES string of the molecule is CCOC(=O)[C@H](C[C@H](Cc1cc2c(c(OCc3ccccc3)c1)OCCO2)C(C)C)NC(=O)OC(C)(C)C. The number of hydrogen-bond acceptors (Lipinski definition) is 7. The Bertz CT molecular complexity index is 1060. The topological polar surface area (TPSA) is 92.3 Å². The molecule has 2 atom stereocenters. The number of esters is 1. The van der Waals surface area contributed by atoms with Gasteiger partial charge in [-0.1, -0.05) is 44.2 Å². The predicted octanol–water partition coefficient (Wildman–Crippen LogP) is 5.70. The molecule has 0 saturated carbocycles. The minimum Gasteiger partial charge on any atom is -0.486 e. The summed E-state index contributed by atoms with van der Waals surface area (Å²) in [7, 11) is 0. The van der Waals surface area contributed by atoms with Gasteiger partial charge in [0.15, 0.2) is 11.5 Å². The molecule has 38 heavy (non-hydrogen) atoms. The van der Waals surface area contributed by atoms with Crippen LogP contribution in [-0.2, 0) is 27.3 Å². The molecule has 0 spiro atoms. The van der Waals surface area contributed by atoms with Crippen molar-refractivity contribution < 1.29 is 33.3 Å². The van der Waals surface area contributed by atoms with Crippen LogP contribution >= 0.6 is 0 Å². The zero-order chi connectivity index (χ0) is 27.7. The van der Waals surface area contributed by atoms with Crippen molar-refractivity contribution in [1.82, 2.24) is 5.32 Å². The van der Waals surface area contributed by atoms with E-state index in [9.17, 15) is 9.59 Å². The number of benzene rings is 2. The number of carbonyl (C=O) groups is 2. The first-order valence-corrected chi connectivity index (χ1v) is 13.3. The summed E-state index contributed by atoms with van der Waals surface area (Å²) in [5.41, 5.74) is 1.37. The van der Waals surface area contributed by atoms with E-state index >= 15 is 0 Å². The summed E-state index contributed by atoms with van der Waals surface area (Å²) in [5, 5.41) is 2.72. The van der Waals surface area contributed by atoms with E-state index < -0.39 is 23.7 Å². The Morgan fingerprint density at radius 2 is 1.74 bits per heavy atom. The Kier molecular flexibility index (Phi) is 10.3. The van der Waals surface area contributed by atoms with E-state index in [-0.39, 0.29) is 18.4 Å². The van der Waals surface area contributed by atoms with E-state index in [0.717, 1.165) is 11.1 Å². The molecule has 0 aliphatic carbocycles. The molecular formula is C30H41NO7. The van der Waals surface area contributed by atoms with E-state index in [1.165, 1.54) is 0 Å². The number of nitrogens with one attached hydrogen (secondary N) is 1. The van der Waals surface area contributed by atoms with Crippen molar-refractivity contribution in [3.8, 4) is 17.2 Å². The van der Waals surface area contributed by atoms with Gasteiger partial charge in [-0.3, -0.25) is 0 Å². The average Bonchev–Trinajstić information content (AvgIpc) is 2.86. The van der Waals surface area contributed by atoms with Gasteiger partial charge >= 0.3 is 12.1 Å². The number of carbonyl (C=O) groups excluding carboxylic acids is 2. The maximum atomic E-state index is 12.8. The van der Waals surface area contributed by atoms with Crippen LogP contribution in [0.25, 0.3) is 0 Å². The molecule has 0 saturated heterocycles. The van der Waals surface area contributed by atoms with Gasteiger partial charge < -0.3 is 29.0 Å². The zero-order valence-electron chi connectivity index (χ0n) is 23.4. The molecule has 0 fully saturated rings. The zero-order valence-corrected chi connectivity index (χ0v) is 23.4. The van der Waals surface area contributed by atoms with E-state index in [1.54, 1.807) is 27.7 Å². The van der Waals surface area contributed by atoms with Crippen LogP contribution in [0.15, 0.2) is 42.5 Å². The number of alkyl carbamates (subject to hydrolysis) is 1. The summed E-state index contributed by atoms with van der Waals surface area (Å²) in [6, 6.07) is 13.1. The van der Waals surface area contributed by atoms with Gasteiger partial charge in [0.2, 0.25) is 5.75 Å². The standard InChI is InChI=1S/C30H41NO7/c1-7-34-28(32)24(31-29(33)38-30(4,5)6)18-23(20(2)3)15-22-16-25-27(36-14-13-35-25)26(17-22)37-19-21-11-9-8-10-12-21/h8-12,16-17,20,23-24H,7,13-15,18-19H2,1-6H3,(H,31,33)/t23-,24-/m0/s1. The van der Waals surface area contributed by atoms with Gasteiger partial charge in [-0.2, -0.15) is 0 Å². The maximum absolute atomic E-state index is 12.8. The predicted molar refractivity (Wildman–Crippen MR) is 145 cm³/mol. The van der Waals surface area contributed by atoms with Gasteiger partial charge in [0.05, 0.1) is 6.61 Å². The first-order valence-electron chi connectivity index (χ1n) is 13.3. The van der Waals surface area contributed by atoms with Crippen LogP contribution in [0, 0.1) is 11.8 Å². The quantitative estimate of drug-likeness (QED) is 0.375. The molecule has 0 unspecified atom stereocenters. The van der Waals surface area contributed by atoms with Gasteiger partial charge in [-0.15, -0.1) is 0 Å². The lowest BCUT2D eigenvalue weighted by molar-refractivity contribution is -0.146. The number of ether oxygens (including phenoxy) is 5. The Balaban J connectivity index is 1.81. The molecule has 0 aromatic heterocycles. The van der Waals surface area contributed by atoms with Crippen molar-refractivity contribution in [3.05, 3.63) is 53.6 Å². The fraction of sp³-hybridized carbons (Fsp3) is 0.533. The number of fused-ring (bicyclic) bond motifs is 1. The second kappa shape index (κ2) is 13.4. The van der Waals surface area contributed by atoms with E-state index in [1.807, 2.05) is 42.5 Å². The van der Waals surface area contributed by atoms with Crippen LogP contribution in [-0.4, -0.2) is 43.5 Å².